The van der Waals surface area contributed by atoms with E-state index in [-0.39, 0.29) is 17.7 Å². The molecule has 0 aromatic heterocycles. The van der Waals surface area contributed by atoms with Crippen LogP contribution < -0.4 is 5.32 Å². The third-order valence-corrected chi connectivity index (χ3v) is 6.73. The van der Waals surface area contributed by atoms with E-state index >= 15 is 0 Å². The Hall–Kier alpha value is -1.55. The highest BCUT2D eigenvalue weighted by molar-refractivity contribution is 6.30. The van der Waals surface area contributed by atoms with Gasteiger partial charge in [-0.3, -0.25) is 9.59 Å². The van der Waals surface area contributed by atoms with Gasteiger partial charge in [0, 0.05) is 10.4 Å². The van der Waals surface area contributed by atoms with Crippen LogP contribution >= 0.6 is 11.6 Å². The summed E-state index contributed by atoms with van der Waals surface area (Å²) in [7, 11) is 0. The number of hydrogen-bond acceptors (Lipinski definition) is 2. The van der Waals surface area contributed by atoms with Crippen LogP contribution in [0, 0.1) is 23.2 Å². The molecule has 1 aromatic rings. The summed E-state index contributed by atoms with van der Waals surface area (Å²) in [5.74, 6) is 1.21. The average molecular weight is 362 g/mol. The second-order valence-corrected chi connectivity index (χ2v) is 8.81. The van der Waals surface area contributed by atoms with Gasteiger partial charge in [0.1, 0.15) is 0 Å². The van der Waals surface area contributed by atoms with E-state index in [1.54, 1.807) is 24.3 Å². The molecule has 0 spiro atoms. The van der Waals surface area contributed by atoms with Gasteiger partial charge >= 0.3 is 5.97 Å². The summed E-state index contributed by atoms with van der Waals surface area (Å²) in [6.07, 6.45) is 6.66. The number of aliphatic carboxylic acids is 1. The van der Waals surface area contributed by atoms with Gasteiger partial charge in [-0.15, -0.1) is 0 Å². The van der Waals surface area contributed by atoms with Crippen molar-refractivity contribution in [1.29, 1.82) is 0 Å². The summed E-state index contributed by atoms with van der Waals surface area (Å²) in [6, 6.07) is 6.58. The summed E-state index contributed by atoms with van der Waals surface area (Å²) in [5, 5.41) is 12.9. The van der Waals surface area contributed by atoms with Crippen molar-refractivity contribution in [1.82, 2.24) is 5.32 Å². The normalized spacial score (nSPS) is 33.9. The van der Waals surface area contributed by atoms with E-state index in [1.807, 2.05) is 0 Å². The number of nitrogens with one attached hydrogen (secondary N) is 1. The van der Waals surface area contributed by atoms with E-state index in [4.69, 9.17) is 11.6 Å². The van der Waals surface area contributed by atoms with Gasteiger partial charge in [-0.25, -0.2) is 0 Å². The lowest BCUT2D eigenvalue weighted by molar-refractivity contribution is -0.147. The van der Waals surface area contributed by atoms with Crippen LogP contribution in [0.3, 0.4) is 0 Å². The number of amides is 1. The van der Waals surface area contributed by atoms with Crippen LogP contribution in [0.15, 0.2) is 24.3 Å². The third kappa shape index (κ3) is 3.29. The molecule has 1 aromatic carbocycles. The molecule has 25 heavy (non-hydrogen) atoms. The quantitative estimate of drug-likeness (QED) is 0.826. The monoisotopic (exact) mass is 361 g/mol. The minimum atomic E-state index is -0.911. The van der Waals surface area contributed by atoms with E-state index in [2.05, 4.69) is 5.32 Å². The maximum absolute atomic E-state index is 13.2. The van der Waals surface area contributed by atoms with Crippen molar-refractivity contribution in [2.24, 2.45) is 23.2 Å². The second kappa shape index (κ2) is 6.31. The van der Waals surface area contributed by atoms with E-state index in [0.29, 0.717) is 22.8 Å². The molecule has 0 aliphatic heterocycles. The first-order valence-electron chi connectivity index (χ1n) is 9.22. The van der Waals surface area contributed by atoms with Gasteiger partial charge in [-0.2, -0.15) is 0 Å². The number of halogens is 1. The number of hydrogen-bond donors (Lipinski definition) is 2. The number of carbonyl (C=O) groups excluding carboxylic acids is 1. The fraction of sp³-hybridized carbons (Fsp3) is 0.600. The predicted molar refractivity (Wildman–Crippen MR) is 95.2 cm³/mol. The number of carboxylic acids is 1. The van der Waals surface area contributed by atoms with E-state index in [1.165, 1.54) is 19.3 Å². The lowest BCUT2D eigenvalue weighted by Crippen LogP contribution is -2.54. The molecule has 1 atom stereocenters. The van der Waals surface area contributed by atoms with Crippen molar-refractivity contribution in [2.45, 2.75) is 51.0 Å². The minimum absolute atomic E-state index is 0.0628. The number of benzene rings is 1. The Morgan fingerprint density at radius 3 is 2.08 bits per heavy atom. The van der Waals surface area contributed by atoms with E-state index in [0.717, 1.165) is 24.8 Å². The van der Waals surface area contributed by atoms with Crippen molar-refractivity contribution in [3.05, 3.63) is 34.9 Å². The molecule has 0 heterocycles. The Bertz CT molecular complexity index is 649. The van der Waals surface area contributed by atoms with Crippen molar-refractivity contribution < 1.29 is 14.7 Å². The number of rotatable bonds is 5. The van der Waals surface area contributed by atoms with Crippen molar-refractivity contribution >= 4 is 23.5 Å². The predicted octanol–water partition coefficient (Wildman–Crippen LogP) is 4.19. The van der Waals surface area contributed by atoms with E-state index < -0.39 is 12.0 Å². The van der Waals surface area contributed by atoms with Crippen LogP contribution in [0.4, 0.5) is 0 Å². The van der Waals surface area contributed by atoms with E-state index in [9.17, 15) is 14.7 Å². The fourth-order valence-electron chi connectivity index (χ4n) is 5.82. The molecule has 0 unspecified atom stereocenters. The maximum atomic E-state index is 13.2. The zero-order chi connectivity index (χ0) is 17.6. The van der Waals surface area contributed by atoms with Gasteiger partial charge in [0.2, 0.25) is 5.91 Å². The Balaban J connectivity index is 1.54. The van der Waals surface area contributed by atoms with Crippen molar-refractivity contribution in [3.63, 3.8) is 0 Å². The van der Waals surface area contributed by atoms with Gasteiger partial charge in [0.25, 0.3) is 0 Å². The molecule has 2 N–H and O–H groups in total. The molecule has 1 amide bonds. The average Bonchev–Trinajstić information content (AvgIpc) is 2.53. The van der Waals surface area contributed by atoms with Crippen LogP contribution in [0.25, 0.3) is 0 Å². The molecule has 4 fully saturated rings. The van der Waals surface area contributed by atoms with Crippen LogP contribution in [0.2, 0.25) is 5.02 Å². The molecule has 4 bridgehead atoms. The first-order valence-corrected chi connectivity index (χ1v) is 9.59. The van der Waals surface area contributed by atoms with Gasteiger partial charge in [0.05, 0.1) is 12.5 Å². The Kier molecular flexibility index (Phi) is 4.27. The summed E-state index contributed by atoms with van der Waals surface area (Å²) >= 11 is 5.94. The Morgan fingerprint density at radius 2 is 1.60 bits per heavy atom. The number of carbonyl (C=O) groups is 2. The summed E-state index contributed by atoms with van der Waals surface area (Å²) < 4.78 is 0. The molecule has 5 rings (SSSR count). The SMILES string of the molecule is O=C(O)C[C@H](NC(=O)C12CC3CC(CC(C3)C1)C2)c1ccc(Cl)cc1. The maximum Gasteiger partial charge on any atom is 0.305 e. The van der Waals surface area contributed by atoms with Crippen molar-refractivity contribution in [2.75, 3.05) is 0 Å². The molecule has 0 saturated heterocycles. The smallest absolute Gasteiger partial charge is 0.305 e. The molecule has 4 aliphatic carbocycles. The highest BCUT2D eigenvalue weighted by Crippen LogP contribution is 2.60. The number of carboxylic acid groups (broad SMARTS) is 1. The molecule has 134 valence electrons. The molecule has 4 aliphatic rings. The molecule has 5 heteroatoms. The lowest BCUT2D eigenvalue weighted by Gasteiger charge is -2.55. The second-order valence-electron chi connectivity index (χ2n) is 8.37. The van der Waals surface area contributed by atoms with Gasteiger partial charge < -0.3 is 10.4 Å². The molecule has 4 saturated carbocycles. The highest BCUT2D eigenvalue weighted by Gasteiger charge is 2.54. The van der Waals surface area contributed by atoms with Crippen LogP contribution in [0.5, 0.6) is 0 Å². The zero-order valence-electron chi connectivity index (χ0n) is 14.2. The summed E-state index contributed by atoms with van der Waals surface area (Å²) in [6.45, 7) is 0. The first-order chi connectivity index (χ1) is 11.9. The zero-order valence-corrected chi connectivity index (χ0v) is 15.0. The Labute approximate surface area is 152 Å². The third-order valence-electron chi connectivity index (χ3n) is 6.48. The van der Waals surface area contributed by atoms with Gasteiger partial charge in [0.15, 0.2) is 0 Å². The Morgan fingerprint density at radius 1 is 1.08 bits per heavy atom. The summed E-state index contributed by atoms with van der Waals surface area (Å²) in [4.78, 5) is 24.5. The topological polar surface area (TPSA) is 66.4 Å². The molecular formula is C20H24ClNO3. The molecular weight excluding hydrogens is 338 g/mol. The van der Waals surface area contributed by atoms with Gasteiger partial charge in [-0.05, 0) is 74.0 Å². The molecule has 0 radical (unpaired) electrons. The van der Waals surface area contributed by atoms with Crippen LogP contribution in [-0.4, -0.2) is 17.0 Å². The molecule has 4 nitrogen and oxygen atoms in total. The largest absolute Gasteiger partial charge is 0.481 e. The first kappa shape index (κ1) is 16.9. The fourth-order valence-corrected chi connectivity index (χ4v) is 5.95. The van der Waals surface area contributed by atoms with Crippen LogP contribution in [0.1, 0.15) is 56.6 Å². The standard InChI is InChI=1S/C20H24ClNO3/c21-16-3-1-15(2-4-16)17(8-18(23)24)22-19(25)20-9-12-5-13(10-20)7-14(6-12)11-20/h1-4,12-14,17H,5-11H2,(H,22,25)(H,23,24)/t12?,13?,14?,17-,20?/m0/s1. The lowest BCUT2D eigenvalue weighted by atomic mass is 9.49. The summed E-state index contributed by atoms with van der Waals surface area (Å²) in [5.41, 5.74) is 0.530. The van der Waals surface area contributed by atoms with Crippen molar-refractivity contribution in [3.8, 4) is 0 Å². The van der Waals surface area contributed by atoms with Crippen LogP contribution in [-0.2, 0) is 9.59 Å². The van der Waals surface area contributed by atoms with Gasteiger partial charge in [-0.1, -0.05) is 23.7 Å². The highest BCUT2D eigenvalue weighted by atomic mass is 35.5. The minimum Gasteiger partial charge on any atom is -0.481 e.